The minimum atomic E-state index is 0.617. The van der Waals surface area contributed by atoms with Crippen LogP contribution >= 0.6 is 0 Å². The number of fused-ring (bicyclic) bond motifs is 5. The molecule has 0 N–H and O–H groups in total. The minimum absolute atomic E-state index is 0.617. The maximum atomic E-state index is 6.11. The van der Waals surface area contributed by atoms with Crippen LogP contribution in [0.25, 0.3) is 88.8 Å². The van der Waals surface area contributed by atoms with Crippen LogP contribution in [-0.4, -0.2) is 15.0 Å². The second kappa shape index (κ2) is 10.2. The molecule has 0 unspecified atom stereocenters. The molecule has 0 aliphatic carbocycles. The topological polar surface area (TPSA) is 51.8 Å². The summed E-state index contributed by atoms with van der Waals surface area (Å²) in [4.78, 5) is 15.2. The van der Waals surface area contributed by atoms with Gasteiger partial charge in [-0.25, -0.2) is 15.0 Å². The summed E-state index contributed by atoms with van der Waals surface area (Å²) in [5, 5.41) is 6.75. The standard InChI is InChI=1S/C41H25N3O/c1-2-10-27(11-3-1)33-15-8-13-28-18-20-31(24-35(28)33)40-42-39(30-19-17-26-9-4-5-12-29(26)23-30)43-41(44-40)32-21-22-38-36(25-32)34-14-6-7-16-37(34)45-38/h1-25H. The van der Waals surface area contributed by atoms with E-state index < -0.39 is 0 Å². The fourth-order valence-corrected chi connectivity index (χ4v) is 6.24. The maximum absolute atomic E-state index is 6.11. The molecule has 2 heterocycles. The number of hydrogen-bond donors (Lipinski definition) is 0. The van der Waals surface area contributed by atoms with Crippen molar-refractivity contribution in [3.8, 4) is 45.3 Å². The van der Waals surface area contributed by atoms with E-state index in [1.165, 1.54) is 21.9 Å². The third-order valence-corrected chi connectivity index (χ3v) is 8.50. The van der Waals surface area contributed by atoms with Crippen molar-refractivity contribution >= 4 is 43.5 Å². The molecule has 0 amide bonds. The third kappa shape index (κ3) is 4.43. The van der Waals surface area contributed by atoms with Crippen LogP contribution in [0.3, 0.4) is 0 Å². The van der Waals surface area contributed by atoms with Gasteiger partial charge in [-0.15, -0.1) is 0 Å². The van der Waals surface area contributed by atoms with E-state index in [1.54, 1.807) is 0 Å². The molecule has 0 spiro atoms. The van der Waals surface area contributed by atoms with E-state index in [-0.39, 0.29) is 0 Å². The Morgan fingerprint density at radius 2 is 0.911 bits per heavy atom. The van der Waals surface area contributed by atoms with Crippen molar-refractivity contribution in [3.63, 3.8) is 0 Å². The van der Waals surface area contributed by atoms with E-state index in [4.69, 9.17) is 19.4 Å². The molecule has 45 heavy (non-hydrogen) atoms. The molecule has 0 saturated carbocycles. The summed E-state index contributed by atoms with van der Waals surface area (Å²) in [6.07, 6.45) is 0. The molecule has 0 bridgehead atoms. The highest BCUT2D eigenvalue weighted by molar-refractivity contribution is 6.06. The fraction of sp³-hybridized carbons (Fsp3) is 0. The number of benzene rings is 7. The molecule has 7 aromatic carbocycles. The van der Waals surface area contributed by atoms with Crippen LogP contribution in [0.2, 0.25) is 0 Å². The van der Waals surface area contributed by atoms with E-state index in [0.29, 0.717) is 17.5 Å². The quantitative estimate of drug-likeness (QED) is 0.209. The first kappa shape index (κ1) is 25.4. The molecule has 0 aliphatic heterocycles. The van der Waals surface area contributed by atoms with Crippen LogP contribution in [0.1, 0.15) is 0 Å². The first-order valence-electron chi connectivity index (χ1n) is 15.0. The lowest BCUT2D eigenvalue weighted by Crippen LogP contribution is -2.00. The van der Waals surface area contributed by atoms with E-state index in [0.717, 1.165) is 49.4 Å². The van der Waals surface area contributed by atoms with Crippen LogP contribution in [0.4, 0.5) is 0 Å². The fourth-order valence-electron chi connectivity index (χ4n) is 6.24. The second-order valence-corrected chi connectivity index (χ2v) is 11.3. The highest BCUT2D eigenvalue weighted by Crippen LogP contribution is 2.35. The number of para-hydroxylation sites is 1. The predicted octanol–water partition coefficient (Wildman–Crippen LogP) is 10.7. The lowest BCUT2D eigenvalue weighted by Gasteiger charge is -2.11. The second-order valence-electron chi connectivity index (χ2n) is 11.3. The number of rotatable bonds is 4. The van der Waals surface area contributed by atoms with Crippen LogP contribution in [0.15, 0.2) is 156 Å². The lowest BCUT2D eigenvalue weighted by atomic mass is 9.96. The normalized spacial score (nSPS) is 11.6. The van der Waals surface area contributed by atoms with Crippen LogP contribution in [0.5, 0.6) is 0 Å². The Bertz CT molecular complexity index is 2550. The SMILES string of the molecule is c1ccc(-c2cccc3ccc(-c4nc(-c5ccc6ccccc6c5)nc(-c5ccc6oc7ccccc7c6c5)n4)cc23)cc1. The number of nitrogens with zero attached hydrogens (tertiary/aromatic N) is 3. The minimum Gasteiger partial charge on any atom is -0.456 e. The zero-order chi connectivity index (χ0) is 29.7. The summed E-state index contributed by atoms with van der Waals surface area (Å²) in [5.41, 5.74) is 6.84. The van der Waals surface area contributed by atoms with Gasteiger partial charge in [-0.05, 0) is 69.1 Å². The molecule has 4 heteroatoms. The molecular formula is C41H25N3O. The van der Waals surface area contributed by atoms with E-state index in [2.05, 4.69) is 115 Å². The summed E-state index contributed by atoms with van der Waals surface area (Å²) in [6, 6.07) is 52.4. The summed E-state index contributed by atoms with van der Waals surface area (Å²) < 4.78 is 6.11. The highest BCUT2D eigenvalue weighted by Gasteiger charge is 2.16. The van der Waals surface area contributed by atoms with Crippen molar-refractivity contribution in [2.75, 3.05) is 0 Å². The molecule has 0 radical (unpaired) electrons. The first-order chi connectivity index (χ1) is 22.3. The van der Waals surface area contributed by atoms with Crippen LogP contribution in [0, 0.1) is 0 Å². The van der Waals surface area contributed by atoms with Gasteiger partial charge in [-0.2, -0.15) is 0 Å². The Labute approximate surface area is 259 Å². The zero-order valence-corrected chi connectivity index (χ0v) is 24.2. The van der Waals surface area contributed by atoms with Gasteiger partial charge in [0.25, 0.3) is 0 Å². The smallest absolute Gasteiger partial charge is 0.164 e. The van der Waals surface area contributed by atoms with Gasteiger partial charge < -0.3 is 4.42 Å². The highest BCUT2D eigenvalue weighted by atomic mass is 16.3. The van der Waals surface area contributed by atoms with Gasteiger partial charge in [0.15, 0.2) is 17.5 Å². The van der Waals surface area contributed by atoms with Gasteiger partial charge in [-0.3, -0.25) is 0 Å². The van der Waals surface area contributed by atoms with Crippen molar-refractivity contribution in [3.05, 3.63) is 152 Å². The monoisotopic (exact) mass is 575 g/mol. The van der Waals surface area contributed by atoms with Crippen molar-refractivity contribution in [1.82, 2.24) is 15.0 Å². The lowest BCUT2D eigenvalue weighted by molar-refractivity contribution is 0.669. The third-order valence-electron chi connectivity index (χ3n) is 8.50. The van der Waals surface area contributed by atoms with Gasteiger partial charge in [-0.1, -0.05) is 115 Å². The Balaban J connectivity index is 1.26. The van der Waals surface area contributed by atoms with Crippen LogP contribution in [-0.2, 0) is 0 Å². The number of aromatic nitrogens is 3. The molecule has 0 aliphatic rings. The molecule has 9 aromatic rings. The average Bonchev–Trinajstić information content (AvgIpc) is 3.49. The molecule has 9 rings (SSSR count). The maximum Gasteiger partial charge on any atom is 0.164 e. The zero-order valence-electron chi connectivity index (χ0n) is 24.2. The molecule has 0 saturated heterocycles. The molecular weight excluding hydrogens is 550 g/mol. The van der Waals surface area contributed by atoms with Crippen molar-refractivity contribution < 1.29 is 4.42 Å². The Morgan fingerprint density at radius 3 is 1.71 bits per heavy atom. The summed E-state index contributed by atoms with van der Waals surface area (Å²) in [7, 11) is 0. The van der Waals surface area contributed by atoms with Gasteiger partial charge in [0.05, 0.1) is 0 Å². The largest absolute Gasteiger partial charge is 0.456 e. The average molecular weight is 576 g/mol. The first-order valence-corrected chi connectivity index (χ1v) is 15.0. The van der Waals surface area contributed by atoms with Gasteiger partial charge in [0.1, 0.15) is 11.2 Å². The predicted molar refractivity (Wildman–Crippen MR) is 184 cm³/mol. The summed E-state index contributed by atoms with van der Waals surface area (Å²) in [6.45, 7) is 0. The number of furan rings is 1. The van der Waals surface area contributed by atoms with Gasteiger partial charge in [0, 0.05) is 27.5 Å². The summed E-state index contributed by atoms with van der Waals surface area (Å²) >= 11 is 0. The molecule has 2 aromatic heterocycles. The molecule has 210 valence electrons. The molecule has 0 fully saturated rings. The Hall–Kier alpha value is -6.13. The number of hydrogen-bond acceptors (Lipinski definition) is 4. The molecule has 0 atom stereocenters. The van der Waals surface area contributed by atoms with Crippen molar-refractivity contribution in [2.45, 2.75) is 0 Å². The Morgan fingerprint density at radius 1 is 0.333 bits per heavy atom. The summed E-state index contributed by atoms with van der Waals surface area (Å²) in [5.74, 6) is 1.88. The van der Waals surface area contributed by atoms with Gasteiger partial charge >= 0.3 is 0 Å². The Kier molecular flexibility index (Phi) is 5.78. The van der Waals surface area contributed by atoms with Crippen molar-refractivity contribution in [2.24, 2.45) is 0 Å². The van der Waals surface area contributed by atoms with E-state index >= 15 is 0 Å². The van der Waals surface area contributed by atoms with Crippen molar-refractivity contribution in [1.29, 1.82) is 0 Å². The van der Waals surface area contributed by atoms with E-state index in [1.807, 2.05) is 36.4 Å². The molecule has 4 nitrogen and oxygen atoms in total. The van der Waals surface area contributed by atoms with Gasteiger partial charge in [0.2, 0.25) is 0 Å². The van der Waals surface area contributed by atoms with E-state index in [9.17, 15) is 0 Å². The van der Waals surface area contributed by atoms with Crippen LogP contribution < -0.4 is 0 Å².